The third-order valence-electron chi connectivity index (χ3n) is 5.28. The van der Waals surface area contributed by atoms with Crippen LogP contribution < -0.4 is 4.74 Å². The molecule has 0 bridgehead atoms. The van der Waals surface area contributed by atoms with E-state index in [1.165, 1.54) is 6.92 Å². The maximum absolute atomic E-state index is 13.5. The molecule has 2 aromatic rings. The van der Waals surface area contributed by atoms with Crippen LogP contribution in [-0.2, 0) is 6.18 Å². The van der Waals surface area contributed by atoms with Crippen LogP contribution in [0.2, 0.25) is 0 Å². The minimum atomic E-state index is -4.60. The highest BCUT2D eigenvalue weighted by atomic mass is 19.4. The van der Waals surface area contributed by atoms with Crippen molar-refractivity contribution in [3.8, 4) is 5.88 Å². The SMILES string of the molecule is C=NC(=N/C=C(\C)F)c1ccccc1C(=O)N1CCC[C@@H](Oc2cnc(C(F)(F)F)cn2)[C@@H]1C. The number of ether oxygens (including phenoxy) is 1. The van der Waals surface area contributed by atoms with Gasteiger partial charge in [0, 0.05) is 12.1 Å². The molecule has 1 aliphatic rings. The lowest BCUT2D eigenvalue weighted by atomic mass is 9.97. The number of rotatable bonds is 5. The van der Waals surface area contributed by atoms with Gasteiger partial charge in [-0.15, -0.1) is 0 Å². The molecule has 0 unspecified atom stereocenters. The van der Waals surface area contributed by atoms with Crippen molar-refractivity contribution in [3.05, 3.63) is 65.5 Å². The van der Waals surface area contributed by atoms with Gasteiger partial charge in [0.15, 0.2) is 11.5 Å². The Morgan fingerprint density at radius 1 is 1.24 bits per heavy atom. The van der Waals surface area contributed by atoms with Gasteiger partial charge in [0.25, 0.3) is 5.91 Å². The molecule has 34 heavy (non-hydrogen) atoms. The summed E-state index contributed by atoms with van der Waals surface area (Å²) in [5.41, 5.74) is -0.416. The molecule has 2 atom stereocenters. The normalized spacial score (nSPS) is 19.6. The predicted octanol–water partition coefficient (Wildman–Crippen LogP) is 4.85. The van der Waals surface area contributed by atoms with E-state index in [9.17, 15) is 22.4 Å². The molecule has 1 aromatic heterocycles. The lowest BCUT2D eigenvalue weighted by Gasteiger charge is -2.39. The number of aromatic nitrogens is 2. The second-order valence-electron chi connectivity index (χ2n) is 7.65. The van der Waals surface area contributed by atoms with E-state index in [1.54, 1.807) is 36.1 Å². The van der Waals surface area contributed by atoms with Crippen LogP contribution >= 0.6 is 0 Å². The quantitative estimate of drug-likeness (QED) is 0.351. The molecule has 1 saturated heterocycles. The molecule has 2 heterocycles. The average Bonchev–Trinajstić information content (AvgIpc) is 2.80. The molecule has 1 aromatic carbocycles. The fraction of sp³-hybridized carbons (Fsp3) is 0.348. The molecule has 1 amide bonds. The van der Waals surface area contributed by atoms with Crippen LogP contribution in [0, 0.1) is 0 Å². The number of hydrogen-bond acceptors (Lipinski definition) is 5. The summed E-state index contributed by atoms with van der Waals surface area (Å²) >= 11 is 0. The number of hydrogen-bond donors (Lipinski definition) is 0. The second kappa shape index (κ2) is 10.5. The van der Waals surface area contributed by atoms with Crippen LogP contribution in [0.3, 0.4) is 0 Å². The van der Waals surface area contributed by atoms with Gasteiger partial charge in [-0.25, -0.2) is 24.3 Å². The second-order valence-corrected chi connectivity index (χ2v) is 7.65. The Kier molecular flexibility index (Phi) is 7.75. The number of likely N-dealkylation sites (tertiary alicyclic amines) is 1. The number of alkyl halides is 3. The van der Waals surface area contributed by atoms with E-state index in [2.05, 4.69) is 26.7 Å². The maximum Gasteiger partial charge on any atom is 0.434 e. The van der Waals surface area contributed by atoms with Gasteiger partial charge in [0.2, 0.25) is 5.88 Å². The topological polar surface area (TPSA) is 80.0 Å². The first-order valence-electron chi connectivity index (χ1n) is 10.4. The van der Waals surface area contributed by atoms with Gasteiger partial charge < -0.3 is 9.64 Å². The summed E-state index contributed by atoms with van der Waals surface area (Å²) in [5, 5.41) is 0. The van der Waals surface area contributed by atoms with Crippen LogP contribution in [0.25, 0.3) is 0 Å². The van der Waals surface area contributed by atoms with E-state index in [0.29, 0.717) is 36.7 Å². The summed E-state index contributed by atoms with van der Waals surface area (Å²) in [4.78, 5) is 29.9. The van der Waals surface area contributed by atoms with Crippen molar-refractivity contribution in [2.24, 2.45) is 9.98 Å². The number of amidine groups is 1. The Labute approximate surface area is 193 Å². The van der Waals surface area contributed by atoms with Gasteiger partial charge in [0.1, 0.15) is 11.9 Å². The van der Waals surface area contributed by atoms with Crippen molar-refractivity contribution in [3.63, 3.8) is 0 Å². The number of nitrogens with zero attached hydrogens (tertiary/aromatic N) is 5. The molecule has 7 nitrogen and oxygen atoms in total. The Bertz CT molecular complexity index is 1100. The number of amides is 1. The fourth-order valence-electron chi connectivity index (χ4n) is 3.60. The van der Waals surface area contributed by atoms with E-state index < -0.39 is 29.8 Å². The molecular formula is C23H23F4N5O2. The van der Waals surface area contributed by atoms with Crippen molar-refractivity contribution in [2.45, 2.75) is 45.0 Å². The molecule has 0 N–H and O–H groups in total. The monoisotopic (exact) mass is 477 g/mol. The van der Waals surface area contributed by atoms with Crippen molar-refractivity contribution in [1.82, 2.24) is 14.9 Å². The average molecular weight is 477 g/mol. The summed E-state index contributed by atoms with van der Waals surface area (Å²) in [6.07, 6.45) is -1.38. The molecule has 0 spiro atoms. The zero-order valence-corrected chi connectivity index (χ0v) is 18.6. The number of aliphatic imine (C=N–C) groups is 2. The summed E-state index contributed by atoms with van der Waals surface area (Å²) in [7, 11) is 0. The summed E-state index contributed by atoms with van der Waals surface area (Å²) in [6, 6.07) is 6.23. The first kappa shape index (κ1) is 25.0. The molecule has 0 radical (unpaired) electrons. The van der Waals surface area contributed by atoms with E-state index in [0.717, 1.165) is 12.4 Å². The molecule has 1 aliphatic heterocycles. The zero-order valence-electron chi connectivity index (χ0n) is 18.6. The van der Waals surface area contributed by atoms with Crippen LogP contribution in [0.1, 0.15) is 48.3 Å². The lowest BCUT2D eigenvalue weighted by molar-refractivity contribution is -0.141. The molecule has 1 fully saturated rings. The van der Waals surface area contributed by atoms with Crippen LogP contribution in [0.15, 0.2) is 58.7 Å². The predicted molar refractivity (Wildman–Crippen MR) is 119 cm³/mol. The number of halogens is 4. The first-order valence-corrected chi connectivity index (χ1v) is 10.4. The number of benzene rings is 1. The van der Waals surface area contributed by atoms with Crippen molar-refractivity contribution >= 4 is 18.5 Å². The first-order chi connectivity index (χ1) is 16.1. The third kappa shape index (κ3) is 5.83. The zero-order chi connectivity index (χ0) is 24.9. The minimum absolute atomic E-state index is 0.0572. The number of allylic oxidation sites excluding steroid dienone is 1. The number of carbonyl (C=O) groups excluding carboxylic acids is 1. The smallest absolute Gasteiger partial charge is 0.434 e. The van der Waals surface area contributed by atoms with Crippen molar-refractivity contribution in [1.29, 1.82) is 0 Å². The Morgan fingerprint density at radius 3 is 2.53 bits per heavy atom. The molecule has 0 aliphatic carbocycles. The Balaban J connectivity index is 1.82. The maximum atomic E-state index is 13.5. The minimum Gasteiger partial charge on any atom is -0.471 e. The van der Waals surface area contributed by atoms with Crippen LogP contribution in [0.4, 0.5) is 17.6 Å². The van der Waals surface area contributed by atoms with Gasteiger partial charge >= 0.3 is 6.18 Å². The van der Waals surface area contributed by atoms with E-state index in [4.69, 9.17) is 4.74 Å². The highest BCUT2D eigenvalue weighted by molar-refractivity contribution is 6.10. The largest absolute Gasteiger partial charge is 0.471 e. The van der Waals surface area contributed by atoms with Crippen LogP contribution in [0.5, 0.6) is 5.88 Å². The molecule has 3 rings (SSSR count). The van der Waals surface area contributed by atoms with Gasteiger partial charge in [0.05, 0.1) is 30.2 Å². The van der Waals surface area contributed by atoms with Gasteiger partial charge in [-0.3, -0.25) is 4.79 Å². The summed E-state index contributed by atoms with van der Waals surface area (Å²) < 4.78 is 57.1. The highest BCUT2D eigenvalue weighted by Crippen LogP contribution is 2.29. The van der Waals surface area contributed by atoms with Crippen molar-refractivity contribution in [2.75, 3.05) is 6.54 Å². The van der Waals surface area contributed by atoms with E-state index in [1.807, 2.05) is 0 Å². The summed E-state index contributed by atoms with van der Waals surface area (Å²) in [6.45, 7) is 6.94. The van der Waals surface area contributed by atoms with E-state index in [-0.39, 0.29) is 17.6 Å². The van der Waals surface area contributed by atoms with Gasteiger partial charge in [-0.05, 0) is 39.5 Å². The Hall–Kier alpha value is -3.63. The molecule has 11 heteroatoms. The fourth-order valence-corrected chi connectivity index (χ4v) is 3.60. The molecule has 180 valence electrons. The summed E-state index contributed by atoms with van der Waals surface area (Å²) in [5.74, 6) is -0.801. The Morgan fingerprint density at radius 2 is 1.94 bits per heavy atom. The molecule has 0 saturated carbocycles. The van der Waals surface area contributed by atoms with Gasteiger partial charge in [-0.1, -0.05) is 18.2 Å². The van der Waals surface area contributed by atoms with Crippen molar-refractivity contribution < 1.29 is 27.1 Å². The molecular weight excluding hydrogens is 454 g/mol. The lowest BCUT2D eigenvalue weighted by Crippen LogP contribution is -2.51. The standard InChI is InChI=1S/C23H23F4N5O2/c1-14(24)11-31-21(28-3)16-7-4-5-8-17(16)22(33)32-10-6-9-18(15(32)2)34-20-13-29-19(12-30-20)23(25,26)27/h4-5,7-8,11-13,15,18H,3,6,9-10H2,1-2H3/b14-11+,31-21?/t15-,18+/m0/s1. The van der Waals surface area contributed by atoms with Crippen LogP contribution in [-0.4, -0.2) is 52.0 Å². The number of piperidine rings is 1. The highest BCUT2D eigenvalue weighted by Gasteiger charge is 2.35. The van der Waals surface area contributed by atoms with E-state index >= 15 is 0 Å². The van der Waals surface area contributed by atoms with Gasteiger partial charge in [-0.2, -0.15) is 13.2 Å². The third-order valence-corrected chi connectivity index (χ3v) is 5.28. The number of carbonyl (C=O) groups is 1.